The Labute approximate surface area is 98.3 Å². The predicted octanol–water partition coefficient (Wildman–Crippen LogP) is 3.60. The molecule has 1 rings (SSSR count). The van der Waals surface area contributed by atoms with E-state index in [1.54, 1.807) is 6.07 Å². The summed E-state index contributed by atoms with van der Waals surface area (Å²) in [5.74, 6) is 0. The van der Waals surface area contributed by atoms with Gasteiger partial charge >= 0.3 is 5.37 Å². The van der Waals surface area contributed by atoms with Gasteiger partial charge in [-0.2, -0.15) is 0 Å². The van der Waals surface area contributed by atoms with Crippen molar-refractivity contribution < 1.29 is 4.79 Å². The first kappa shape index (κ1) is 12.0. The highest BCUT2D eigenvalue weighted by molar-refractivity contribution is 6.63. The van der Waals surface area contributed by atoms with Crippen LogP contribution in [0.25, 0.3) is 0 Å². The topological polar surface area (TPSA) is 32.7 Å². The van der Waals surface area contributed by atoms with Crippen LogP contribution in [0.5, 0.6) is 0 Å². The average molecular weight is 245 g/mol. The fourth-order valence-electron chi connectivity index (χ4n) is 0.861. The van der Waals surface area contributed by atoms with E-state index in [9.17, 15) is 4.79 Å². The molecular formula is C10H10Cl2N2O. The molecule has 0 saturated carbocycles. The van der Waals surface area contributed by atoms with E-state index in [0.717, 1.165) is 5.56 Å². The Morgan fingerprint density at radius 3 is 2.73 bits per heavy atom. The zero-order valence-electron chi connectivity index (χ0n) is 8.37. The van der Waals surface area contributed by atoms with Crippen LogP contribution in [-0.4, -0.2) is 23.7 Å². The normalized spacial score (nSPS) is 10.7. The number of benzene rings is 1. The van der Waals surface area contributed by atoms with Crippen molar-refractivity contribution in [3.05, 3.63) is 28.8 Å². The molecule has 0 heterocycles. The number of hydrogen-bond acceptors (Lipinski definition) is 2. The Balaban J connectivity index is 2.81. The highest BCUT2D eigenvalue weighted by Gasteiger charge is 2.00. The molecule has 0 unspecified atom stereocenters. The summed E-state index contributed by atoms with van der Waals surface area (Å²) in [5.41, 5.74) is 1.66. The largest absolute Gasteiger partial charge is 0.321 e. The van der Waals surface area contributed by atoms with Crippen LogP contribution in [0.3, 0.4) is 0 Å². The van der Waals surface area contributed by atoms with Gasteiger partial charge in [-0.05, 0) is 36.2 Å². The van der Waals surface area contributed by atoms with Crippen LogP contribution in [0.2, 0.25) is 5.02 Å². The van der Waals surface area contributed by atoms with Gasteiger partial charge < -0.3 is 0 Å². The van der Waals surface area contributed by atoms with Crippen molar-refractivity contribution in [1.29, 1.82) is 0 Å². The molecule has 5 heteroatoms. The maximum atomic E-state index is 10.7. The SMILES string of the molecule is Cc1ccc(N=CN(C)C(=O)Cl)cc1Cl. The molecule has 0 aliphatic rings. The molecule has 15 heavy (non-hydrogen) atoms. The van der Waals surface area contributed by atoms with E-state index < -0.39 is 5.37 Å². The first-order chi connectivity index (χ1) is 7.00. The molecule has 1 aromatic carbocycles. The van der Waals surface area contributed by atoms with Crippen molar-refractivity contribution in [3.8, 4) is 0 Å². The van der Waals surface area contributed by atoms with Crippen LogP contribution in [0.4, 0.5) is 10.5 Å². The van der Waals surface area contributed by atoms with Crippen LogP contribution in [0.1, 0.15) is 5.56 Å². The van der Waals surface area contributed by atoms with Crippen LogP contribution < -0.4 is 0 Å². The number of carbonyl (C=O) groups excluding carboxylic acids is 1. The van der Waals surface area contributed by atoms with E-state index in [2.05, 4.69) is 4.99 Å². The smallest absolute Gasteiger partial charge is 0.292 e. The van der Waals surface area contributed by atoms with Gasteiger partial charge in [0.05, 0.1) is 12.0 Å². The van der Waals surface area contributed by atoms with Crippen LogP contribution in [-0.2, 0) is 0 Å². The molecule has 0 saturated heterocycles. The Hall–Kier alpha value is -1.06. The predicted molar refractivity (Wildman–Crippen MR) is 63.4 cm³/mol. The van der Waals surface area contributed by atoms with Crippen molar-refractivity contribution in [1.82, 2.24) is 4.90 Å². The van der Waals surface area contributed by atoms with Gasteiger partial charge in [0.1, 0.15) is 0 Å². The van der Waals surface area contributed by atoms with Crippen molar-refractivity contribution in [2.24, 2.45) is 4.99 Å². The third kappa shape index (κ3) is 3.53. The molecule has 0 N–H and O–H groups in total. The molecule has 0 atom stereocenters. The standard InChI is InChI=1S/C10H10Cl2N2O/c1-7-3-4-8(5-9(7)11)13-6-14(2)10(12)15/h3-6H,1-2H3. The maximum absolute atomic E-state index is 10.7. The molecule has 1 amide bonds. The molecule has 1 aromatic rings. The number of aryl methyl sites for hydroxylation is 1. The number of hydrogen-bond donors (Lipinski definition) is 0. The van der Waals surface area contributed by atoms with Crippen molar-refractivity contribution in [2.75, 3.05) is 7.05 Å². The lowest BCUT2D eigenvalue weighted by molar-refractivity contribution is 0.248. The summed E-state index contributed by atoms with van der Waals surface area (Å²) in [6.07, 6.45) is 1.34. The van der Waals surface area contributed by atoms with E-state index in [0.29, 0.717) is 10.7 Å². The number of halogens is 2. The second kappa shape index (κ2) is 5.14. The van der Waals surface area contributed by atoms with E-state index >= 15 is 0 Å². The van der Waals surface area contributed by atoms with Crippen LogP contribution in [0.15, 0.2) is 23.2 Å². The Kier molecular flexibility index (Phi) is 4.12. The van der Waals surface area contributed by atoms with Gasteiger partial charge in [-0.3, -0.25) is 9.69 Å². The monoisotopic (exact) mass is 244 g/mol. The fraction of sp³-hybridized carbons (Fsp3) is 0.200. The summed E-state index contributed by atoms with van der Waals surface area (Å²) in [5, 5.41) is 0.0569. The van der Waals surface area contributed by atoms with Gasteiger partial charge in [-0.15, -0.1) is 0 Å². The maximum Gasteiger partial charge on any atom is 0.321 e. The summed E-state index contributed by atoms with van der Waals surface area (Å²) in [7, 11) is 1.52. The second-order valence-corrected chi connectivity index (χ2v) is 3.77. The summed E-state index contributed by atoms with van der Waals surface area (Å²) < 4.78 is 0. The highest BCUT2D eigenvalue weighted by atomic mass is 35.5. The van der Waals surface area contributed by atoms with Gasteiger partial charge in [0, 0.05) is 12.1 Å². The lowest BCUT2D eigenvalue weighted by Gasteiger charge is -2.04. The third-order valence-electron chi connectivity index (χ3n) is 1.81. The fourth-order valence-corrected chi connectivity index (χ4v) is 1.08. The Morgan fingerprint density at radius 2 is 2.20 bits per heavy atom. The first-order valence-electron chi connectivity index (χ1n) is 4.23. The van der Waals surface area contributed by atoms with E-state index in [1.807, 2.05) is 19.1 Å². The summed E-state index contributed by atoms with van der Waals surface area (Å²) in [6, 6.07) is 5.39. The van der Waals surface area contributed by atoms with E-state index in [1.165, 1.54) is 18.3 Å². The number of rotatable bonds is 2. The van der Waals surface area contributed by atoms with Gasteiger partial charge in [0.15, 0.2) is 0 Å². The molecule has 0 radical (unpaired) electrons. The minimum absolute atomic E-state index is 0.586. The molecule has 0 spiro atoms. The number of amides is 1. The molecule has 0 aliphatic carbocycles. The molecule has 0 aromatic heterocycles. The molecular weight excluding hydrogens is 235 g/mol. The molecule has 0 aliphatic heterocycles. The zero-order valence-corrected chi connectivity index (χ0v) is 9.88. The minimum Gasteiger partial charge on any atom is -0.292 e. The van der Waals surface area contributed by atoms with Crippen molar-refractivity contribution in [3.63, 3.8) is 0 Å². The molecule has 0 fully saturated rings. The van der Waals surface area contributed by atoms with Gasteiger partial charge in [0.2, 0.25) is 0 Å². The average Bonchev–Trinajstić information content (AvgIpc) is 2.19. The lowest BCUT2D eigenvalue weighted by Crippen LogP contribution is -2.17. The van der Waals surface area contributed by atoms with Crippen LogP contribution >= 0.6 is 23.2 Å². The Morgan fingerprint density at radius 1 is 1.53 bits per heavy atom. The summed E-state index contributed by atoms with van der Waals surface area (Å²) in [4.78, 5) is 15.9. The van der Waals surface area contributed by atoms with Crippen molar-refractivity contribution in [2.45, 2.75) is 6.92 Å². The van der Waals surface area contributed by atoms with Gasteiger partial charge in [-0.25, -0.2) is 4.99 Å². The van der Waals surface area contributed by atoms with Crippen molar-refractivity contribution >= 4 is 40.6 Å². The Bertz CT molecular complexity index is 404. The molecule has 80 valence electrons. The lowest BCUT2D eigenvalue weighted by atomic mass is 10.2. The number of carbonyl (C=O) groups is 1. The first-order valence-corrected chi connectivity index (χ1v) is 4.99. The summed E-state index contributed by atoms with van der Waals surface area (Å²) in [6.45, 7) is 1.91. The number of nitrogens with zero attached hydrogens (tertiary/aromatic N) is 2. The number of aliphatic imine (C=N–C) groups is 1. The summed E-state index contributed by atoms with van der Waals surface area (Å²) >= 11 is 11.1. The second-order valence-electron chi connectivity index (χ2n) is 3.04. The molecule has 0 bridgehead atoms. The van der Waals surface area contributed by atoms with Crippen LogP contribution in [0, 0.1) is 6.92 Å². The van der Waals surface area contributed by atoms with E-state index in [4.69, 9.17) is 23.2 Å². The van der Waals surface area contributed by atoms with Gasteiger partial charge in [0.25, 0.3) is 0 Å². The quantitative estimate of drug-likeness (QED) is 0.339. The minimum atomic E-state index is -0.586. The third-order valence-corrected chi connectivity index (χ3v) is 2.49. The molecule has 3 nitrogen and oxygen atoms in total. The van der Waals surface area contributed by atoms with Gasteiger partial charge in [-0.1, -0.05) is 17.7 Å². The van der Waals surface area contributed by atoms with E-state index in [-0.39, 0.29) is 0 Å². The zero-order chi connectivity index (χ0) is 11.4. The highest BCUT2D eigenvalue weighted by Crippen LogP contribution is 2.21.